The molecule has 0 aliphatic carbocycles. The Morgan fingerprint density at radius 1 is 1.16 bits per heavy atom. The fourth-order valence-electron chi connectivity index (χ4n) is 1.91. The predicted octanol–water partition coefficient (Wildman–Crippen LogP) is 4.05. The Hall–Kier alpha value is -2.31. The summed E-state index contributed by atoms with van der Waals surface area (Å²) in [6, 6.07) is 13.7. The molecule has 0 saturated heterocycles. The number of ether oxygens (including phenoxy) is 1. The molecule has 0 amide bonds. The lowest BCUT2D eigenvalue weighted by Crippen LogP contribution is -2.03. The summed E-state index contributed by atoms with van der Waals surface area (Å²) in [4.78, 5) is 5.38. The molecule has 92 valence electrons. The smallest absolute Gasteiger partial charge is 0.193 e. The van der Waals surface area contributed by atoms with E-state index >= 15 is 0 Å². The van der Waals surface area contributed by atoms with Crippen LogP contribution in [0.15, 0.2) is 54.0 Å². The van der Waals surface area contributed by atoms with Crippen molar-refractivity contribution in [1.82, 2.24) is 4.98 Å². The molecule has 1 atom stereocenters. The van der Waals surface area contributed by atoms with Crippen molar-refractivity contribution in [2.24, 2.45) is 0 Å². The largest absolute Gasteiger partial charge is 0.470 e. The van der Waals surface area contributed by atoms with Gasteiger partial charge in [-0.05, 0) is 23.6 Å². The first-order chi connectivity index (χ1) is 9.38. The molecule has 1 aromatic carbocycles. The normalized spacial score (nSPS) is 11.9. The van der Waals surface area contributed by atoms with Gasteiger partial charge in [0.25, 0.3) is 0 Å². The number of rotatable bonds is 3. The lowest BCUT2D eigenvalue weighted by Gasteiger charge is -2.13. The number of fused-ring (bicyclic) bond motifs is 1. The average Bonchev–Trinajstić information content (AvgIpc) is 2.99. The molecule has 3 heteroatoms. The van der Waals surface area contributed by atoms with Gasteiger partial charge in [0.1, 0.15) is 11.3 Å². The molecule has 2 aromatic heterocycles. The molecule has 0 bridgehead atoms. The van der Waals surface area contributed by atoms with Crippen molar-refractivity contribution in [3.05, 3.63) is 58.9 Å². The van der Waals surface area contributed by atoms with Crippen LogP contribution in [0.25, 0.3) is 10.9 Å². The SMILES string of the molecule is C#CC(Oc1cccc2cccnc12)c1cccs1. The number of hydrogen-bond donors (Lipinski definition) is 0. The van der Waals surface area contributed by atoms with Gasteiger partial charge in [0.05, 0.1) is 4.88 Å². The molecule has 0 aliphatic rings. The first-order valence-corrected chi connectivity index (χ1v) is 6.76. The fraction of sp³-hybridized carbons (Fsp3) is 0.0625. The van der Waals surface area contributed by atoms with E-state index in [4.69, 9.17) is 11.2 Å². The second-order valence-corrected chi connectivity index (χ2v) is 4.99. The van der Waals surface area contributed by atoms with Crippen LogP contribution < -0.4 is 4.74 Å². The molecular weight excluding hydrogens is 254 g/mol. The number of aromatic nitrogens is 1. The van der Waals surface area contributed by atoms with E-state index in [2.05, 4.69) is 10.9 Å². The standard InChI is InChI=1S/C16H11NOS/c1-2-13(15-9-5-11-19-15)18-14-8-3-6-12-7-4-10-17-16(12)14/h1,3-11,13H. The zero-order valence-electron chi connectivity index (χ0n) is 10.1. The van der Waals surface area contributed by atoms with Crippen molar-refractivity contribution in [3.63, 3.8) is 0 Å². The van der Waals surface area contributed by atoms with Gasteiger partial charge < -0.3 is 4.74 Å². The Morgan fingerprint density at radius 2 is 2.05 bits per heavy atom. The minimum absolute atomic E-state index is 0.368. The number of terminal acetylenes is 1. The van der Waals surface area contributed by atoms with Crippen LogP contribution in [-0.4, -0.2) is 4.98 Å². The highest BCUT2D eigenvalue weighted by Crippen LogP contribution is 2.29. The number of para-hydroxylation sites is 1. The lowest BCUT2D eigenvalue weighted by molar-refractivity contribution is 0.272. The number of benzene rings is 1. The maximum atomic E-state index is 5.93. The highest BCUT2D eigenvalue weighted by Gasteiger charge is 2.13. The average molecular weight is 265 g/mol. The van der Waals surface area contributed by atoms with Gasteiger partial charge in [-0.25, -0.2) is 0 Å². The molecule has 19 heavy (non-hydrogen) atoms. The van der Waals surface area contributed by atoms with Crippen LogP contribution in [0, 0.1) is 12.3 Å². The minimum atomic E-state index is -0.368. The van der Waals surface area contributed by atoms with E-state index < -0.39 is 0 Å². The van der Waals surface area contributed by atoms with Gasteiger partial charge in [-0.2, -0.15) is 0 Å². The third-order valence-electron chi connectivity index (χ3n) is 2.79. The van der Waals surface area contributed by atoms with E-state index in [-0.39, 0.29) is 6.10 Å². The number of thiophene rings is 1. The summed E-state index contributed by atoms with van der Waals surface area (Å²) < 4.78 is 5.93. The number of nitrogens with zero attached hydrogens (tertiary/aromatic N) is 1. The van der Waals surface area contributed by atoms with Gasteiger partial charge in [0, 0.05) is 11.6 Å². The highest BCUT2D eigenvalue weighted by atomic mass is 32.1. The molecule has 3 rings (SSSR count). The number of hydrogen-bond acceptors (Lipinski definition) is 3. The third kappa shape index (κ3) is 2.31. The van der Waals surface area contributed by atoms with Crippen molar-refractivity contribution < 1.29 is 4.74 Å². The summed E-state index contributed by atoms with van der Waals surface area (Å²) in [6.45, 7) is 0. The van der Waals surface area contributed by atoms with Gasteiger partial charge in [0.2, 0.25) is 0 Å². The molecule has 0 saturated carbocycles. The maximum Gasteiger partial charge on any atom is 0.193 e. The quantitative estimate of drug-likeness (QED) is 0.666. The van der Waals surface area contributed by atoms with Crippen molar-refractivity contribution in [2.45, 2.75) is 6.10 Å². The van der Waals surface area contributed by atoms with E-state index in [1.54, 1.807) is 17.5 Å². The molecule has 2 nitrogen and oxygen atoms in total. The van der Waals surface area contributed by atoms with Gasteiger partial charge in [0.15, 0.2) is 6.10 Å². The van der Waals surface area contributed by atoms with E-state index in [1.165, 1.54) is 0 Å². The maximum absolute atomic E-state index is 5.93. The first kappa shape index (κ1) is 11.8. The van der Waals surface area contributed by atoms with Crippen LogP contribution in [0.5, 0.6) is 5.75 Å². The third-order valence-corrected chi connectivity index (χ3v) is 3.71. The summed E-state index contributed by atoms with van der Waals surface area (Å²) >= 11 is 1.59. The van der Waals surface area contributed by atoms with Gasteiger partial charge in [-0.1, -0.05) is 30.2 Å². The van der Waals surface area contributed by atoms with Crippen LogP contribution in [-0.2, 0) is 0 Å². The van der Waals surface area contributed by atoms with Gasteiger partial charge in [-0.3, -0.25) is 4.98 Å². The second-order valence-electron chi connectivity index (χ2n) is 4.01. The summed E-state index contributed by atoms with van der Waals surface area (Å²) in [5, 5.41) is 3.03. The number of pyridine rings is 1. The van der Waals surface area contributed by atoms with E-state index in [0.29, 0.717) is 0 Å². The summed E-state index contributed by atoms with van der Waals surface area (Å²) in [7, 11) is 0. The summed E-state index contributed by atoms with van der Waals surface area (Å²) in [5.74, 6) is 3.40. The lowest BCUT2D eigenvalue weighted by atomic mass is 10.2. The van der Waals surface area contributed by atoms with Crippen LogP contribution in [0.1, 0.15) is 11.0 Å². The molecule has 0 aliphatic heterocycles. The van der Waals surface area contributed by atoms with Crippen LogP contribution >= 0.6 is 11.3 Å². The fourth-order valence-corrected chi connectivity index (χ4v) is 2.62. The molecule has 0 radical (unpaired) electrons. The van der Waals surface area contributed by atoms with E-state index in [0.717, 1.165) is 21.5 Å². The Kier molecular flexibility index (Phi) is 3.18. The predicted molar refractivity (Wildman–Crippen MR) is 78.3 cm³/mol. The molecule has 2 heterocycles. The highest BCUT2D eigenvalue weighted by molar-refractivity contribution is 7.10. The Morgan fingerprint density at radius 3 is 2.84 bits per heavy atom. The molecule has 0 fully saturated rings. The molecular formula is C16H11NOS. The van der Waals surface area contributed by atoms with Crippen molar-refractivity contribution >= 4 is 22.2 Å². The zero-order valence-corrected chi connectivity index (χ0v) is 10.9. The monoisotopic (exact) mass is 265 g/mol. The zero-order chi connectivity index (χ0) is 13.1. The Balaban J connectivity index is 1.99. The van der Waals surface area contributed by atoms with Crippen LogP contribution in [0.3, 0.4) is 0 Å². The van der Waals surface area contributed by atoms with E-state index in [1.807, 2.05) is 47.8 Å². The molecule has 3 aromatic rings. The Labute approximate surface area is 115 Å². The minimum Gasteiger partial charge on any atom is -0.470 e. The van der Waals surface area contributed by atoms with E-state index in [9.17, 15) is 0 Å². The first-order valence-electron chi connectivity index (χ1n) is 5.88. The summed E-state index contributed by atoms with van der Waals surface area (Å²) in [6.07, 6.45) is 6.95. The Bertz CT molecular complexity index is 723. The van der Waals surface area contributed by atoms with Crippen molar-refractivity contribution in [3.8, 4) is 18.1 Å². The van der Waals surface area contributed by atoms with Crippen molar-refractivity contribution in [2.75, 3.05) is 0 Å². The topological polar surface area (TPSA) is 22.1 Å². The molecule has 0 spiro atoms. The molecule has 1 unspecified atom stereocenters. The van der Waals surface area contributed by atoms with Crippen molar-refractivity contribution in [1.29, 1.82) is 0 Å². The second kappa shape index (κ2) is 5.13. The van der Waals surface area contributed by atoms with Crippen LogP contribution in [0.4, 0.5) is 0 Å². The summed E-state index contributed by atoms with van der Waals surface area (Å²) in [5.41, 5.74) is 0.835. The van der Waals surface area contributed by atoms with Crippen LogP contribution in [0.2, 0.25) is 0 Å². The molecule has 0 N–H and O–H groups in total. The van der Waals surface area contributed by atoms with Gasteiger partial charge in [-0.15, -0.1) is 17.8 Å². The van der Waals surface area contributed by atoms with Gasteiger partial charge >= 0.3 is 0 Å².